The molecule has 2 aromatic heterocycles. The van der Waals surface area contributed by atoms with Gasteiger partial charge in [-0.25, -0.2) is 0 Å². The first-order valence-corrected chi connectivity index (χ1v) is 7.15. The zero-order chi connectivity index (χ0) is 11.0. The average molecular weight is 323 g/mol. The number of aryl methyl sites for hydroxylation is 1. The van der Waals surface area contributed by atoms with Crippen molar-refractivity contribution < 1.29 is 0 Å². The predicted molar refractivity (Wildman–Crippen MR) is 72.1 cm³/mol. The summed E-state index contributed by atoms with van der Waals surface area (Å²) in [6.07, 6.45) is 0. The lowest BCUT2D eigenvalue weighted by molar-refractivity contribution is 0.917. The van der Waals surface area contributed by atoms with Crippen molar-refractivity contribution in [1.82, 2.24) is 0 Å². The van der Waals surface area contributed by atoms with E-state index >= 15 is 0 Å². The Kier molecular flexibility index (Phi) is 3.52. The fourth-order valence-corrected chi connectivity index (χ4v) is 4.01. The second-order valence-electron chi connectivity index (χ2n) is 3.17. The number of thiophene rings is 2. The Labute approximate surface area is 110 Å². The van der Waals surface area contributed by atoms with Gasteiger partial charge in [0.1, 0.15) is 0 Å². The summed E-state index contributed by atoms with van der Waals surface area (Å²) in [5.41, 5.74) is 6.15. The minimum absolute atomic E-state index is 0.0579. The van der Waals surface area contributed by atoms with Crippen LogP contribution in [-0.2, 0) is 0 Å². The Hall–Kier alpha value is 0.130. The molecule has 80 valence electrons. The van der Waals surface area contributed by atoms with E-state index in [4.69, 9.17) is 17.3 Å². The molecular weight excluding hydrogens is 314 g/mol. The van der Waals surface area contributed by atoms with Gasteiger partial charge in [-0.3, -0.25) is 0 Å². The molecular formula is C10H9BrClNS2. The molecule has 2 heterocycles. The number of hydrogen-bond acceptors (Lipinski definition) is 3. The highest BCUT2D eigenvalue weighted by Gasteiger charge is 2.14. The number of nitrogens with two attached hydrogens (primary N) is 1. The van der Waals surface area contributed by atoms with Crippen molar-refractivity contribution >= 4 is 50.2 Å². The number of rotatable bonds is 2. The quantitative estimate of drug-likeness (QED) is 0.860. The maximum Gasteiger partial charge on any atom is 0.0931 e. The van der Waals surface area contributed by atoms with Crippen LogP contribution in [0.2, 0.25) is 4.34 Å². The van der Waals surface area contributed by atoms with E-state index < -0.39 is 0 Å². The first-order valence-electron chi connectivity index (χ1n) is 4.34. The van der Waals surface area contributed by atoms with Crippen molar-refractivity contribution in [2.45, 2.75) is 13.0 Å². The van der Waals surface area contributed by atoms with Gasteiger partial charge in [-0.15, -0.1) is 22.7 Å². The van der Waals surface area contributed by atoms with Crippen molar-refractivity contribution in [3.63, 3.8) is 0 Å². The lowest BCUT2D eigenvalue weighted by atomic mass is 10.2. The van der Waals surface area contributed by atoms with Crippen LogP contribution in [0.1, 0.15) is 20.7 Å². The topological polar surface area (TPSA) is 26.0 Å². The fourth-order valence-electron chi connectivity index (χ4n) is 1.27. The van der Waals surface area contributed by atoms with Crippen LogP contribution in [0.15, 0.2) is 22.7 Å². The van der Waals surface area contributed by atoms with Gasteiger partial charge in [0.25, 0.3) is 0 Å². The SMILES string of the molecule is Cc1sc(C(N)c2ccc(Cl)s2)cc1Br. The second-order valence-corrected chi connectivity index (χ2v) is 7.06. The summed E-state index contributed by atoms with van der Waals surface area (Å²) in [6.45, 7) is 2.08. The summed E-state index contributed by atoms with van der Waals surface area (Å²) in [7, 11) is 0. The van der Waals surface area contributed by atoms with Crippen LogP contribution in [-0.4, -0.2) is 0 Å². The van der Waals surface area contributed by atoms with E-state index in [1.165, 1.54) is 16.2 Å². The van der Waals surface area contributed by atoms with Gasteiger partial charge in [0, 0.05) is 19.1 Å². The molecule has 0 radical (unpaired) electrons. The first kappa shape index (κ1) is 11.6. The number of hydrogen-bond donors (Lipinski definition) is 1. The van der Waals surface area contributed by atoms with E-state index in [1.54, 1.807) is 11.3 Å². The van der Waals surface area contributed by atoms with Crippen molar-refractivity contribution in [3.05, 3.63) is 41.6 Å². The zero-order valence-corrected chi connectivity index (χ0v) is 11.9. The molecule has 0 aliphatic carbocycles. The minimum Gasteiger partial charge on any atom is -0.319 e. The Bertz CT molecular complexity index is 458. The molecule has 0 aliphatic rings. The summed E-state index contributed by atoms with van der Waals surface area (Å²) >= 11 is 12.6. The third-order valence-corrected chi connectivity index (χ3v) is 5.62. The Morgan fingerprint density at radius 3 is 2.53 bits per heavy atom. The van der Waals surface area contributed by atoms with Crippen LogP contribution in [0.4, 0.5) is 0 Å². The maximum absolute atomic E-state index is 6.15. The molecule has 0 fully saturated rings. The van der Waals surface area contributed by atoms with Crippen molar-refractivity contribution in [1.29, 1.82) is 0 Å². The van der Waals surface area contributed by atoms with Crippen LogP contribution in [0, 0.1) is 6.92 Å². The van der Waals surface area contributed by atoms with Crippen LogP contribution in [0.25, 0.3) is 0 Å². The molecule has 0 spiro atoms. The summed E-state index contributed by atoms with van der Waals surface area (Å²) in [6, 6.07) is 5.90. The third kappa shape index (κ3) is 2.45. The highest BCUT2D eigenvalue weighted by molar-refractivity contribution is 9.10. The monoisotopic (exact) mass is 321 g/mol. The first-order chi connectivity index (χ1) is 7.08. The highest BCUT2D eigenvalue weighted by Crippen LogP contribution is 2.35. The zero-order valence-electron chi connectivity index (χ0n) is 7.96. The normalized spacial score (nSPS) is 13.1. The summed E-state index contributed by atoms with van der Waals surface area (Å²) in [5, 5.41) is 0. The van der Waals surface area contributed by atoms with Crippen LogP contribution in [0.5, 0.6) is 0 Å². The smallest absolute Gasteiger partial charge is 0.0931 e. The third-order valence-electron chi connectivity index (χ3n) is 2.08. The molecule has 0 amide bonds. The fraction of sp³-hybridized carbons (Fsp3) is 0.200. The van der Waals surface area contributed by atoms with Crippen LogP contribution in [0.3, 0.4) is 0 Å². The molecule has 15 heavy (non-hydrogen) atoms. The van der Waals surface area contributed by atoms with Crippen LogP contribution >= 0.6 is 50.2 Å². The molecule has 0 bridgehead atoms. The van der Waals surface area contributed by atoms with Gasteiger partial charge in [0.15, 0.2) is 0 Å². The molecule has 2 N–H and O–H groups in total. The lowest BCUT2D eigenvalue weighted by Crippen LogP contribution is -2.07. The van der Waals surface area contributed by atoms with E-state index in [2.05, 4.69) is 28.9 Å². The van der Waals surface area contributed by atoms with E-state index in [1.807, 2.05) is 12.1 Å². The molecule has 1 atom stereocenters. The van der Waals surface area contributed by atoms with E-state index in [0.29, 0.717) is 0 Å². The van der Waals surface area contributed by atoms with E-state index in [-0.39, 0.29) is 6.04 Å². The maximum atomic E-state index is 6.15. The molecule has 2 rings (SSSR count). The van der Waals surface area contributed by atoms with E-state index in [9.17, 15) is 0 Å². The second kappa shape index (κ2) is 4.55. The molecule has 0 aliphatic heterocycles. The van der Waals surface area contributed by atoms with Gasteiger partial charge in [-0.1, -0.05) is 11.6 Å². The van der Waals surface area contributed by atoms with Gasteiger partial charge in [0.05, 0.1) is 10.4 Å². The van der Waals surface area contributed by atoms with Crippen LogP contribution < -0.4 is 5.73 Å². The predicted octanol–water partition coefficient (Wildman–Crippen LogP) is 4.58. The molecule has 1 unspecified atom stereocenters. The molecule has 5 heteroatoms. The minimum atomic E-state index is -0.0579. The Balaban J connectivity index is 2.31. The standard InChI is InChI=1S/C10H9BrClNS2/c1-5-6(11)4-8(14-5)10(13)7-2-3-9(12)15-7/h2-4,10H,13H2,1H3. The lowest BCUT2D eigenvalue weighted by Gasteiger charge is -2.05. The molecule has 0 saturated heterocycles. The molecule has 2 aromatic rings. The highest BCUT2D eigenvalue weighted by atomic mass is 79.9. The van der Waals surface area contributed by atoms with Gasteiger partial charge >= 0.3 is 0 Å². The molecule has 1 nitrogen and oxygen atoms in total. The van der Waals surface area contributed by atoms with Gasteiger partial charge in [-0.05, 0) is 41.1 Å². The van der Waals surface area contributed by atoms with Crippen molar-refractivity contribution in [2.24, 2.45) is 5.73 Å². The van der Waals surface area contributed by atoms with Gasteiger partial charge in [-0.2, -0.15) is 0 Å². The van der Waals surface area contributed by atoms with Gasteiger partial charge < -0.3 is 5.73 Å². The number of halogens is 2. The van der Waals surface area contributed by atoms with Gasteiger partial charge in [0.2, 0.25) is 0 Å². The molecule has 0 saturated carbocycles. The average Bonchev–Trinajstić information content (AvgIpc) is 2.74. The Morgan fingerprint density at radius 1 is 1.33 bits per heavy atom. The largest absolute Gasteiger partial charge is 0.319 e. The van der Waals surface area contributed by atoms with Crippen molar-refractivity contribution in [3.8, 4) is 0 Å². The summed E-state index contributed by atoms with van der Waals surface area (Å²) in [4.78, 5) is 3.52. The molecule has 0 aromatic carbocycles. The van der Waals surface area contributed by atoms with Crippen molar-refractivity contribution in [2.75, 3.05) is 0 Å². The Morgan fingerprint density at radius 2 is 2.07 bits per heavy atom. The van der Waals surface area contributed by atoms with E-state index in [0.717, 1.165) is 18.6 Å². The summed E-state index contributed by atoms with van der Waals surface area (Å²) in [5.74, 6) is 0. The summed E-state index contributed by atoms with van der Waals surface area (Å²) < 4.78 is 1.91.